The first-order chi connectivity index (χ1) is 16.3. The molecule has 5 unspecified atom stereocenters. The van der Waals surface area contributed by atoms with Gasteiger partial charge < -0.3 is 5.11 Å². The lowest BCUT2D eigenvalue weighted by Gasteiger charge is -2.50. The molecule has 0 radical (unpaired) electrons. The Balaban J connectivity index is 0.00000133. The Morgan fingerprint density at radius 3 is 2.47 bits per heavy atom. The van der Waals surface area contributed by atoms with Gasteiger partial charge in [0.15, 0.2) is 0 Å². The van der Waals surface area contributed by atoms with E-state index in [1.54, 1.807) is 0 Å². The summed E-state index contributed by atoms with van der Waals surface area (Å²) in [6, 6.07) is 2.95. The van der Waals surface area contributed by atoms with Crippen LogP contribution < -0.4 is 0 Å². The first-order valence-corrected chi connectivity index (χ1v) is 14.7. The Morgan fingerprint density at radius 1 is 1.09 bits per heavy atom. The number of aliphatic imine (C=N–C) groups is 1. The molecule has 34 heavy (non-hydrogen) atoms. The van der Waals surface area contributed by atoms with Gasteiger partial charge in [0.1, 0.15) is 5.75 Å². The molecule has 0 saturated heterocycles. The smallest absolute Gasteiger partial charge is 0.128 e. The minimum Gasteiger partial charge on any atom is -0.507 e. The molecule has 0 spiro atoms. The van der Waals surface area contributed by atoms with E-state index in [1.165, 1.54) is 81.0 Å². The second kappa shape index (κ2) is 10.4. The lowest BCUT2D eigenvalue weighted by atomic mass is 9.54. The molecule has 2 heteroatoms. The zero-order valence-electron chi connectivity index (χ0n) is 23.2. The van der Waals surface area contributed by atoms with Crippen molar-refractivity contribution < 1.29 is 5.11 Å². The summed E-state index contributed by atoms with van der Waals surface area (Å²) >= 11 is 0. The van der Waals surface area contributed by atoms with E-state index < -0.39 is 0 Å². The highest BCUT2D eigenvalue weighted by atomic mass is 16.3. The number of benzene rings is 1. The Labute approximate surface area is 210 Å². The van der Waals surface area contributed by atoms with Gasteiger partial charge in [-0.3, -0.25) is 4.99 Å². The van der Waals surface area contributed by atoms with E-state index in [1.807, 2.05) is 13.8 Å². The molecular weight excluding hydrogens is 414 g/mol. The first-order valence-electron chi connectivity index (χ1n) is 14.7. The fourth-order valence-electron chi connectivity index (χ4n) is 7.98. The first kappa shape index (κ1) is 25.8. The van der Waals surface area contributed by atoms with Crippen LogP contribution in [-0.2, 0) is 5.41 Å². The predicted molar refractivity (Wildman–Crippen MR) is 146 cm³/mol. The minimum atomic E-state index is 0.175. The molecule has 3 fully saturated rings. The van der Waals surface area contributed by atoms with Crippen LogP contribution in [0.2, 0.25) is 0 Å². The molecule has 5 rings (SSSR count). The molecule has 0 bridgehead atoms. The van der Waals surface area contributed by atoms with Crippen LogP contribution in [0.25, 0.3) is 0 Å². The number of aromatic hydroxyl groups is 1. The maximum Gasteiger partial charge on any atom is 0.128 e. The van der Waals surface area contributed by atoms with Crippen LogP contribution >= 0.6 is 0 Å². The predicted octanol–water partition coefficient (Wildman–Crippen LogP) is 9.10. The third kappa shape index (κ3) is 4.72. The maximum atomic E-state index is 11.6. The van der Waals surface area contributed by atoms with Gasteiger partial charge in [-0.15, -0.1) is 0 Å². The average molecular weight is 466 g/mol. The molecule has 0 aromatic heterocycles. The van der Waals surface area contributed by atoms with Gasteiger partial charge in [-0.1, -0.05) is 92.6 Å². The van der Waals surface area contributed by atoms with E-state index >= 15 is 0 Å². The SMILES string of the molecule is CC.Cc1cc2c(c(O)c1C(C)C)C(=NC1CC1CC1CCCCC1)CC1C(C)CCCC21C. The molecule has 190 valence electrons. The highest BCUT2D eigenvalue weighted by molar-refractivity contribution is 6.06. The van der Waals surface area contributed by atoms with Crippen molar-refractivity contribution in [1.29, 1.82) is 0 Å². The molecule has 2 nitrogen and oxygen atoms in total. The van der Waals surface area contributed by atoms with E-state index in [0.717, 1.165) is 35.3 Å². The lowest BCUT2D eigenvalue weighted by molar-refractivity contribution is 0.139. The van der Waals surface area contributed by atoms with E-state index in [2.05, 4.69) is 40.7 Å². The van der Waals surface area contributed by atoms with Crippen molar-refractivity contribution in [2.75, 3.05) is 0 Å². The number of rotatable bonds is 4. The standard InChI is InChI=1S/C30H45NO.C2H6/c1-18(2)27-20(4)14-24-28(29(27)32)26(17-23-19(3)10-9-13-30(23,24)5)31-25-16-22(25)15-21-11-7-6-8-12-21;1-2/h14,18-19,21-23,25,32H,6-13,15-17H2,1-5H3;1-2H3. The monoisotopic (exact) mass is 465 g/mol. The van der Waals surface area contributed by atoms with Crippen LogP contribution in [0.5, 0.6) is 5.75 Å². The Hall–Kier alpha value is -1.31. The molecule has 0 heterocycles. The molecule has 0 aliphatic heterocycles. The van der Waals surface area contributed by atoms with Crippen LogP contribution in [-0.4, -0.2) is 16.9 Å². The van der Waals surface area contributed by atoms with Gasteiger partial charge in [0.05, 0.1) is 6.04 Å². The Kier molecular flexibility index (Phi) is 7.85. The third-order valence-corrected chi connectivity index (χ3v) is 9.87. The van der Waals surface area contributed by atoms with Crippen molar-refractivity contribution in [2.24, 2.45) is 28.7 Å². The van der Waals surface area contributed by atoms with Crippen molar-refractivity contribution in [1.82, 2.24) is 0 Å². The normalized spacial score (nSPS) is 34.3. The Morgan fingerprint density at radius 2 is 1.79 bits per heavy atom. The number of fused-ring (bicyclic) bond motifs is 3. The summed E-state index contributed by atoms with van der Waals surface area (Å²) < 4.78 is 0. The summed E-state index contributed by atoms with van der Waals surface area (Å²) in [5.41, 5.74) is 6.36. The van der Waals surface area contributed by atoms with Crippen molar-refractivity contribution in [3.8, 4) is 5.75 Å². The zero-order chi connectivity index (χ0) is 24.6. The molecule has 1 N–H and O–H groups in total. The summed E-state index contributed by atoms with van der Waals surface area (Å²) in [5.74, 6) is 4.01. The van der Waals surface area contributed by atoms with Crippen LogP contribution in [0, 0.1) is 30.6 Å². The lowest BCUT2D eigenvalue weighted by Crippen LogP contribution is -2.45. The van der Waals surface area contributed by atoms with E-state index in [0.29, 0.717) is 23.6 Å². The van der Waals surface area contributed by atoms with Gasteiger partial charge in [-0.25, -0.2) is 0 Å². The second-order valence-corrected chi connectivity index (χ2v) is 12.5. The van der Waals surface area contributed by atoms with Gasteiger partial charge in [0.2, 0.25) is 0 Å². The molecular formula is C32H51NO. The van der Waals surface area contributed by atoms with Gasteiger partial charge in [0, 0.05) is 16.8 Å². The van der Waals surface area contributed by atoms with E-state index in [4.69, 9.17) is 4.99 Å². The second-order valence-electron chi connectivity index (χ2n) is 12.5. The Bertz CT molecular complexity index is 893. The number of hydrogen-bond acceptors (Lipinski definition) is 2. The fraction of sp³-hybridized carbons (Fsp3) is 0.781. The van der Waals surface area contributed by atoms with Crippen LogP contribution in [0.4, 0.5) is 0 Å². The largest absolute Gasteiger partial charge is 0.507 e. The molecule has 5 atom stereocenters. The average Bonchev–Trinajstić information content (AvgIpc) is 3.53. The third-order valence-electron chi connectivity index (χ3n) is 9.87. The maximum absolute atomic E-state index is 11.6. The van der Waals surface area contributed by atoms with Gasteiger partial charge in [-0.2, -0.15) is 0 Å². The topological polar surface area (TPSA) is 32.6 Å². The number of nitrogens with zero attached hydrogens (tertiary/aromatic N) is 1. The van der Waals surface area contributed by atoms with Gasteiger partial charge in [0.25, 0.3) is 0 Å². The van der Waals surface area contributed by atoms with Crippen molar-refractivity contribution in [2.45, 2.75) is 136 Å². The van der Waals surface area contributed by atoms with Crippen LogP contribution in [0.3, 0.4) is 0 Å². The number of phenols is 1. The van der Waals surface area contributed by atoms with Crippen LogP contribution in [0.1, 0.15) is 140 Å². The molecule has 0 amide bonds. The molecule has 1 aromatic rings. The fourth-order valence-corrected chi connectivity index (χ4v) is 7.98. The van der Waals surface area contributed by atoms with Gasteiger partial charge >= 0.3 is 0 Å². The van der Waals surface area contributed by atoms with Crippen LogP contribution in [0.15, 0.2) is 11.1 Å². The highest BCUT2D eigenvalue weighted by Gasteiger charge is 2.49. The molecule has 3 saturated carbocycles. The minimum absolute atomic E-state index is 0.175. The molecule has 1 aromatic carbocycles. The van der Waals surface area contributed by atoms with E-state index in [9.17, 15) is 5.11 Å². The van der Waals surface area contributed by atoms with Crippen molar-refractivity contribution >= 4 is 5.71 Å². The summed E-state index contributed by atoms with van der Waals surface area (Å²) in [7, 11) is 0. The van der Waals surface area contributed by atoms with Crippen molar-refractivity contribution in [3.63, 3.8) is 0 Å². The summed E-state index contributed by atoms with van der Waals surface area (Å²) in [6.45, 7) is 15.6. The molecule has 4 aliphatic carbocycles. The summed E-state index contributed by atoms with van der Waals surface area (Å²) in [4.78, 5) is 5.44. The highest BCUT2D eigenvalue weighted by Crippen LogP contribution is 2.55. The summed E-state index contributed by atoms with van der Waals surface area (Å²) in [6.07, 6.45) is 14.8. The van der Waals surface area contributed by atoms with Crippen molar-refractivity contribution in [3.05, 3.63) is 28.3 Å². The quantitative estimate of drug-likeness (QED) is 0.472. The zero-order valence-corrected chi connectivity index (χ0v) is 23.2. The molecule has 4 aliphatic rings. The van der Waals surface area contributed by atoms with E-state index in [-0.39, 0.29) is 5.41 Å². The number of hydrogen-bond donors (Lipinski definition) is 1. The summed E-state index contributed by atoms with van der Waals surface area (Å²) in [5, 5.41) is 11.6. The number of aryl methyl sites for hydroxylation is 1. The number of phenolic OH excluding ortho intramolecular Hbond substituents is 1. The van der Waals surface area contributed by atoms with Gasteiger partial charge in [-0.05, 0) is 78.7 Å².